The summed E-state index contributed by atoms with van der Waals surface area (Å²) in [7, 11) is 0. The molecular weight excluding hydrogens is 236 g/mol. The van der Waals surface area contributed by atoms with E-state index in [1.165, 1.54) is 0 Å². The molecule has 0 saturated heterocycles. The Balaban J connectivity index is 3.55. The minimum atomic E-state index is -5.77. The van der Waals surface area contributed by atoms with Gasteiger partial charge in [-0.3, -0.25) is 0 Å². The van der Waals surface area contributed by atoms with Crippen molar-refractivity contribution in [1.29, 1.82) is 0 Å². The minimum absolute atomic E-state index is 0.439. The predicted molar refractivity (Wildman–Crippen MR) is 33.9 cm³/mol. The zero-order chi connectivity index (χ0) is 12.5. The summed E-state index contributed by atoms with van der Waals surface area (Å²) in [6.07, 6.45) is 0. The first kappa shape index (κ1) is 12.5. The summed E-state index contributed by atoms with van der Waals surface area (Å²) in [4.78, 5) is 0. The van der Waals surface area contributed by atoms with E-state index in [0.29, 0.717) is 0 Å². The van der Waals surface area contributed by atoms with Crippen molar-refractivity contribution in [3.63, 3.8) is 0 Å². The number of alkyl halides is 8. The molecule has 15 heavy (non-hydrogen) atoms. The van der Waals surface area contributed by atoms with E-state index in [1.807, 2.05) is 0 Å². The van der Waals surface area contributed by atoms with Crippen molar-refractivity contribution in [2.75, 3.05) is 0 Å². The van der Waals surface area contributed by atoms with Crippen molar-refractivity contribution in [3.05, 3.63) is 0 Å². The lowest BCUT2D eigenvalue weighted by molar-refractivity contribution is -0.258. The molecule has 1 rings (SSSR count). The fraction of sp³-hybridized carbons (Fsp3) is 1.00. The summed E-state index contributed by atoms with van der Waals surface area (Å²) < 4.78 is 102. The summed E-state index contributed by atoms with van der Waals surface area (Å²) >= 11 is 0. The van der Waals surface area contributed by atoms with Gasteiger partial charge in [-0.2, -0.15) is 26.3 Å². The van der Waals surface area contributed by atoms with Gasteiger partial charge in [0.15, 0.2) is 0 Å². The first-order valence-corrected chi connectivity index (χ1v) is 3.76. The van der Waals surface area contributed by atoms with Gasteiger partial charge < -0.3 is 0 Å². The molecule has 1 aliphatic carbocycles. The molecule has 0 heterocycles. The van der Waals surface area contributed by atoms with E-state index in [4.69, 9.17) is 0 Å². The largest absolute Gasteiger partial charge is 0.352 e. The van der Waals surface area contributed by atoms with Gasteiger partial charge in [0.2, 0.25) is 11.3 Å². The van der Waals surface area contributed by atoms with E-state index >= 15 is 0 Å². The Labute approximate surface area is 79.2 Å². The molecule has 0 amide bonds. The SMILES string of the molecule is CC1(F)C(F)(F)C(C)(F)C(F)(F)C1(F)F. The van der Waals surface area contributed by atoms with Gasteiger partial charge in [0.1, 0.15) is 0 Å². The Kier molecular flexibility index (Phi) is 2.00. The Hall–Kier alpha value is -0.560. The lowest BCUT2D eigenvalue weighted by Crippen LogP contribution is -2.52. The van der Waals surface area contributed by atoms with E-state index in [9.17, 15) is 35.1 Å². The van der Waals surface area contributed by atoms with Gasteiger partial charge in [-0.05, 0) is 13.8 Å². The van der Waals surface area contributed by atoms with Crippen LogP contribution in [0.5, 0.6) is 0 Å². The summed E-state index contributed by atoms with van der Waals surface area (Å²) in [5, 5.41) is 0. The second-order valence-electron chi connectivity index (χ2n) is 3.73. The third-order valence-corrected chi connectivity index (χ3v) is 2.75. The molecule has 0 aromatic heterocycles. The Morgan fingerprint density at radius 1 is 0.467 bits per heavy atom. The first-order valence-electron chi connectivity index (χ1n) is 3.76. The van der Waals surface area contributed by atoms with Crippen LogP contribution in [-0.4, -0.2) is 29.1 Å². The maximum absolute atomic E-state index is 12.9. The second kappa shape index (κ2) is 2.40. The van der Waals surface area contributed by atoms with Crippen LogP contribution in [0.15, 0.2) is 0 Å². The molecule has 0 bridgehead atoms. The number of halogens is 8. The fourth-order valence-corrected chi connectivity index (χ4v) is 1.42. The zero-order valence-electron chi connectivity index (χ0n) is 7.52. The highest BCUT2D eigenvalue weighted by Gasteiger charge is 2.95. The molecule has 0 spiro atoms. The van der Waals surface area contributed by atoms with Crippen molar-refractivity contribution in [2.45, 2.75) is 43.0 Å². The molecule has 0 nitrogen and oxygen atoms in total. The topological polar surface area (TPSA) is 0 Å². The number of rotatable bonds is 0. The first-order chi connectivity index (χ1) is 6.25. The molecule has 8 heteroatoms. The average molecular weight is 242 g/mol. The van der Waals surface area contributed by atoms with Gasteiger partial charge in [0.25, 0.3) is 0 Å². The van der Waals surface area contributed by atoms with E-state index in [2.05, 4.69) is 0 Å². The second-order valence-corrected chi connectivity index (χ2v) is 3.73. The molecule has 2 unspecified atom stereocenters. The van der Waals surface area contributed by atoms with E-state index in [1.54, 1.807) is 0 Å². The molecule has 1 aliphatic rings. The third-order valence-electron chi connectivity index (χ3n) is 2.75. The van der Waals surface area contributed by atoms with Crippen LogP contribution in [-0.2, 0) is 0 Å². The van der Waals surface area contributed by atoms with Crippen LogP contribution in [0.4, 0.5) is 35.1 Å². The smallest absolute Gasteiger partial charge is 0.230 e. The van der Waals surface area contributed by atoms with Crippen LogP contribution in [0.3, 0.4) is 0 Å². The third kappa shape index (κ3) is 0.891. The quantitative estimate of drug-likeness (QED) is 0.571. The van der Waals surface area contributed by atoms with Crippen molar-refractivity contribution < 1.29 is 35.1 Å². The lowest BCUT2D eigenvalue weighted by atomic mass is 9.96. The zero-order valence-corrected chi connectivity index (χ0v) is 7.52. The predicted octanol–water partition coefficient (Wildman–Crippen LogP) is 3.36. The molecule has 0 N–H and O–H groups in total. The van der Waals surface area contributed by atoms with Gasteiger partial charge in [0, 0.05) is 0 Å². The van der Waals surface area contributed by atoms with Gasteiger partial charge in [-0.25, -0.2) is 8.78 Å². The van der Waals surface area contributed by atoms with E-state index in [0.717, 1.165) is 0 Å². The molecular formula is C7H6F8. The Morgan fingerprint density at radius 2 is 0.667 bits per heavy atom. The molecule has 0 aromatic rings. The maximum Gasteiger partial charge on any atom is 0.352 e. The summed E-state index contributed by atoms with van der Waals surface area (Å²) in [5.41, 5.74) is -9.88. The van der Waals surface area contributed by atoms with E-state index in [-0.39, 0.29) is 0 Å². The van der Waals surface area contributed by atoms with Crippen LogP contribution in [0.2, 0.25) is 0 Å². The Bertz CT molecular complexity index is 200. The number of hydrogen-bond acceptors (Lipinski definition) is 0. The standard InChI is InChI=1S/C7H6F8/c1-3(8)5(10,11)4(2,9)7(14,15)6(3,12)13/h1-2H3. The normalized spacial score (nSPS) is 46.8. The van der Waals surface area contributed by atoms with Gasteiger partial charge in [-0.1, -0.05) is 0 Å². The lowest BCUT2D eigenvalue weighted by Gasteiger charge is -2.28. The van der Waals surface area contributed by atoms with Crippen molar-refractivity contribution in [3.8, 4) is 0 Å². The van der Waals surface area contributed by atoms with Crippen molar-refractivity contribution >= 4 is 0 Å². The van der Waals surface area contributed by atoms with Gasteiger partial charge >= 0.3 is 17.8 Å². The van der Waals surface area contributed by atoms with Crippen LogP contribution >= 0.6 is 0 Å². The molecule has 2 atom stereocenters. The molecule has 1 saturated carbocycles. The molecule has 0 aliphatic heterocycles. The van der Waals surface area contributed by atoms with Crippen molar-refractivity contribution in [1.82, 2.24) is 0 Å². The molecule has 1 fully saturated rings. The summed E-state index contributed by atoms with van der Waals surface area (Å²) in [6.45, 7) is -0.878. The summed E-state index contributed by atoms with van der Waals surface area (Å²) in [6, 6.07) is 0. The Morgan fingerprint density at radius 3 is 0.733 bits per heavy atom. The highest BCUT2D eigenvalue weighted by Crippen LogP contribution is 2.68. The fourth-order valence-electron chi connectivity index (χ4n) is 1.42. The molecule has 0 aromatic carbocycles. The van der Waals surface area contributed by atoms with Crippen molar-refractivity contribution in [2.24, 2.45) is 0 Å². The average Bonchev–Trinajstić information content (AvgIpc) is 2.04. The molecule has 90 valence electrons. The number of hydrogen-bond donors (Lipinski definition) is 0. The summed E-state index contributed by atoms with van der Waals surface area (Å²) in [5.74, 6) is -17.0. The van der Waals surface area contributed by atoms with E-state index < -0.39 is 43.0 Å². The van der Waals surface area contributed by atoms with Crippen LogP contribution in [0.1, 0.15) is 13.8 Å². The van der Waals surface area contributed by atoms with Crippen LogP contribution < -0.4 is 0 Å². The van der Waals surface area contributed by atoms with Crippen LogP contribution in [0.25, 0.3) is 0 Å². The monoisotopic (exact) mass is 242 g/mol. The van der Waals surface area contributed by atoms with Gasteiger partial charge in [-0.15, -0.1) is 0 Å². The molecule has 0 radical (unpaired) electrons. The van der Waals surface area contributed by atoms with Gasteiger partial charge in [0.05, 0.1) is 0 Å². The van der Waals surface area contributed by atoms with Crippen LogP contribution in [0, 0.1) is 0 Å². The highest BCUT2D eigenvalue weighted by atomic mass is 19.3. The highest BCUT2D eigenvalue weighted by molar-refractivity contribution is 5.27. The maximum atomic E-state index is 12.9. The minimum Gasteiger partial charge on any atom is -0.230 e.